The monoisotopic (exact) mass is 389 g/mol. The van der Waals surface area contributed by atoms with Crippen LogP contribution in [0.4, 0.5) is 0 Å². The third-order valence-electron chi connectivity index (χ3n) is 2.97. The van der Waals surface area contributed by atoms with Gasteiger partial charge in [0.2, 0.25) is 0 Å². The van der Waals surface area contributed by atoms with Crippen LogP contribution in [0.2, 0.25) is 0 Å². The Hall–Kier alpha value is -0.860. The van der Waals surface area contributed by atoms with Gasteiger partial charge in [-0.05, 0) is 36.7 Å². The smallest absolute Gasteiger partial charge is 0.308 e. The highest BCUT2D eigenvalue weighted by atomic mass is 79.9. The minimum absolute atomic E-state index is 0.0414. The van der Waals surface area contributed by atoms with Gasteiger partial charge >= 0.3 is 5.97 Å². The second-order valence-corrected chi connectivity index (χ2v) is 7.61. The van der Waals surface area contributed by atoms with Crippen LogP contribution in [-0.2, 0) is 23.5 Å². The second kappa shape index (κ2) is 6.93. The number of aryl methyl sites for hydroxylation is 3. The Morgan fingerprint density at radius 1 is 1.43 bits per heavy atom. The van der Waals surface area contributed by atoms with E-state index >= 15 is 0 Å². The van der Waals surface area contributed by atoms with Crippen molar-refractivity contribution in [2.24, 2.45) is 0 Å². The van der Waals surface area contributed by atoms with Crippen LogP contribution < -0.4 is 0 Å². The topological polar surface area (TPSA) is 68.0 Å². The number of aliphatic carboxylic acids is 1. The van der Waals surface area contributed by atoms with Crippen molar-refractivity contribution in [2.45, 2.75) is 43.8 Å². The van der Waals surface area contributed by atoms with Crippen LogP contribution in [0.3, 0.4) is 0 Å². The molecule has 114 valence electrons. The molecule has 2 aromatic rings. The van der Waals surface area contributed by atoms with Crippen LogP contribution >= 0.6 is 39.0 Å². The first-order valence-electron chi connectivity index (χ1n) is 6.45. The number of carbonyl (C=O) groups is 1. The van der Waals surface area contributed by atoms with E-state index in [4.69, 9.17) is 5.11 Å². The van der Waals surface area contributed by atoms with Crippen molar-refractivity contribution in [1.82, 2.24) is 14.8 Å². The number of nitrogens with zero attached hydrogens (tertiary/aromatic N) is 3. The maximum atomic E-state index is 10.8. The molecule has 0 atom stereocenters. The lowest BCUT2D eigenvalue weighted by molar-refractivity contribution is -0.136. The number of aromatic nitrogens is 3. The van der Waals surface area contributed by atoms with Gasteiger partial charge < -0.3 is 5.11 Å². The average molecular weight is 390 g/mol. The van der Waals surface area contributed by atoms with Gasteiger partial charge in [0.1, 0.15) is 0 Å². The van der Waals surface area contributed by atoms with E-state index in [0.29, 0.717) is 0 Å². The van der Waals surface area contributed by atoms with Gasteiger partial charge in [0.25, 0.3) is 0 Å². The number of rotatable bonds is 6. The van der Waals surface area contributed by atoms with Crippen LogP contribution in [0, 0.1) is 13.8 Å². The fourth-order valence-corrected chi connectivity index (χ4v) is 4.76. The molecule has 2 rings (SSSR count). The molecule has 2 heterocycles. The summed E-state index contributed by atoms with van der Waals surface area (Å²) in [5.74, 6) is -0.0601. The zero-order valence-electron chi connectivity index (χ0n) is 12.0. The van der Waals surface area contributed by atoms with Gasteiger partial charge in [0.15, 0.2) is 4.34 Å². The van der Waals surface area contributed by atoms with E-state index in [-0.39, 0.29) is 6.42 Å². The summed E-state index contributed by atoms with van der Waals surface area (Å²) in [5, 5.41) is 13.3. The van der Waals surface area contributed by atoms with Crippen molar-refractivity contribution in [1.29, 1.82) is 0 Å². The summed E-state index contributed by atoms with van der Waals surface area (Å²) in [6.07, 6.45) is 0.0414. The van der Waals surface area contributed by atoms with Crippen molar-refractivity contribution in [3.8, 4) is 0 Å². The van der Waals surface area contributed by atoms with Gasteiger partial charge in [-0.2, -0.15) is 5.10 Å². The Kier molecular flexibility index (Phi) is 5.45. The van der Waals surface area contributed by atoms with Crippen molar-refractivity contribution in [3.05, 3.63) is 26.4 Å². The highest BCUT2D eigenvalue weighted by Crippen LogP contribution is 2.32. The Morgan fingerprint density at radius 2 is 2.14 bits per heavy atom. The van der Waals surface area contributed by atoms with E-state index < -0.39 is 5.97 Å². The standard InChI is InChI=1S/C13H16BrN3O2S2/c1-4-17-9(12(14)8(3)16-17)6-20-13-15-7(2)10(21-13)5-11(18)19/h4-6H2,1-3H3,(H,18,19). The van der Waals surface area contributed by atoms with Crippen molar-refractivity contribution in [3.63, 3.8) is 0 Å². The molecule has 0 unspecified atom stereocenters. The first kappa shape index (κ1) is 16.5. The Labute approximate surface area is 139 Å². The number of carboxylic acids is 1. The highest BCUT2D eigenvalue weighted by molar-refractivity contribution is 9.10. The van der Waals surface area contributed by atoms with E-state index in [9.17, 15) is 4.79 Å². The SMILES string of the molecule is CCn1nc(C)c(Br)c1CSc1nc(C)c(CC(=O)O)s1. The molecule has 0 spiro atoms. The highest BCUT2D eigenvalue weighted by Gasteiger charge is 2.15. The fourth-order valence-electron chi connectivity index (χ4n) is 1.90. The van der Waals surface area contributed by atoms with E-state index in [1.54, 1.807) is 11.8 Å². The summed E-state index contributed by atoms with van der Waals surface area (Å²) in [4.78, 5) is 16.1. The molecule has 0 aliphatic heterocycles. The lowest BCUT2D eigenvalue weighted by Crippen LogP contribution is -2.01. The zero-order chi connectivity index (χ0) is 15.6. The number of halogens is 1. The zero-order valence-corrected chi connectivity index (χ0v) is 15.2. The van der Waals surface area contributed by atoms with Gasteiger partial charge in [-0.15, -0.1) is 11.3 Å². The number of hydrogen-bond donors (Lipinski definition) is 1. The normalized spacial score (nSPS) is 11.0. The third kappa shape index (κ3) is 3.87. The second-order valence-electron chi connectivity index (χ2n) is 4.51. The molecule has 0 amide bonds. The Balaban J connectivity index is 2.12. The first-order chi connectivity index (χ1) is 9.92. The van der Waals surface area contributed by atoms with Crippen LogP contribution in [0.25, 0.3) is 0 Å². The first-order valence-corrected chi connectivity index (χ1v) is 9.04. The Bertz CT molecular complexity index is 667. The maximum absolute atomic E-state index is 10.8. The molecule has 21 heavy (non-hydrogen) atoms. The van der Waals surface area contributed by atoms with Crippen molar-refractivity contribution >= 4 is 45.0 Å². The molecule has 0 saturated carbocycles. The van der Waals surface area contributed by atoms with Crippen molar-refractivity contribution < 1.29 is 9.90 Å². The predicted molar refractivity (Wildman–Crippen MR) is 88.1 cm³/mol. The van der Waals surface area contributed by atoms with Gasteiger partial charge in [-0.3, -0.25) is 9.48 Å². The summed E-state index contributed by atoms with van der Waals surface area (Å²) >= 11 is 6.65. The molecular formula is C13H16BrN3O2S2. The quantitative estimate of drug-likeness (QED) is 0.763. The average Bonchev–Trinajstić information content (AvgIpc) is 2.89. The van der Waals surface area contributed by atoms with Crippen molar-refractivity contribution in [2.75, 3.05) is 0 Å². The molecule has 0 aromatic carbocycles. The van der Waals surface area contributed by atoms with E-state index in [0.717, 1.165) is 43.1 Å². The molecule has 0 saturated heterocycles. The molecule has 0 aliphatic carbocycles. The van der Waals surface area contributed by atoms with E-state index in [1.165, 1.54) is 11.3 Å². The molecule has 0 radical (unpaired) electrons. The summed E-state index contributed by atoms with van der Waals surface area (Å²) in [5.41, 5.74) is 2.92. The van der Waals surface area contributed by atoms with Gasteiger partial charge in [-0.1, -0.05) is 11.8 Å². The molecule has 1 N–H and O–H groups in total. The number of thiazole rings is 1. The molecule has 5 nitrogen and oxygen atoms in total. The van der Waals surface area contributed by atoms with E-state index in [2.05, 4.69) is 32.9 Å². The Morgan fingerprint density at radius 3 is 2.76 bits per heavy atom. The molecule has 0 fully saturated rings. The van der Waals surface area contributed by atoms with Crippen LogP contribution in [0.5, 0.6) is 0 Å². The van der Waals surface area contributed by atoms with E-state index in [1.807, 2.05) is 18.5 Å². The van der Waals surface area contributed by atoms with Crippen LogP contribution in [-0.4, -0.2) is 25.8 Å². The third-order valence-corrected chi connectivity index (χ3v) is 6.31. The maximum Gasteiger partial charge on any atom is 0.308 e. The minimum atomic E-state index is -0.819. The fraction of sp³-hybridized carbons (Fsp3) is 0.462. The van der Waals surface area contributed by atoms with Gasteiger partial charge in [0.05, 0.1) is 28.0 Å². The number of hydrogen-bond acceptors (Lipinski definition) is 5. The lowest BCUT2D eigenvalue weighted by Gasteiger charge is -2.03. The van der Waals surface area contributed by atoms with Crippen LogP contribution in [0.15, 0.2) is 8.81 Å². The predicted octanol–water partition coefficient (Wildman–Crippen LogP) is 3.66. The number of thioether (sulfide) groups is 1. The van der Waals surface area contributed by atoms with Gasteiger partial charge in [-0.25, -0.2) is 4.98 Å². The molecular weight excluding hydrogens is 374 g/mol. The molecule has 0 aliphatic rings. The summed E-state index contributed by atoms with van der Waals surface area (Å²) in [6.45, 7) is 6.72. The summed E-state index contributed by atoms with van der Waals surface area (Å²) in [7, 11) is 0. The molecule has 8 heteroatoms. The summed E-state index contributed by atoms with van der Waals surface area (Å²) in [6, 6.07) is 0. The number of carboxylic acid groups (broad SMARTS) is 1. The molecule has 2 aromatic heterocycles. The lowest BCUT2D eigenvalue weighted by atomic mass is 10.3. The van der Waals surface area contributed by atoms with Gasteiger partial charge in [0, 0.05) is 17.2 Å². The largest absolute Gasteiger partial charge is 0.481 e. The minimum Gasteiger partial charge on any atom is -0.481 e. The summed E-state index contributed by atoms with van der Waals surface area (Å²) < 4.78 is 3.92. The van der Waals surface area contributed by atoms with Crippen LogP contribution in [0.1, 0.15) is 28.9 Å². The molecule has 0 bridgehead atoms.